The fourth-order valence-corrected chi connectivity index (χ4v) is 3.39. The van der Waals surface area contributed by atoms with Crippen molar-refractivity contribution >= 4 is 23.1 Å². The number of amides is 1. The van der Waals surface area contributed by atoms with E-state index >= 15 is 0 Å². The van der Waals surface area contributed by atoms with Gasteiger partial charge in [0.15, 0.2) is 0 Å². The molecule has 1 N–H and O–H groups in total. The Bertz CT molecular complexity index is 1030. The van der Waals surface area contributed by atoms with E-state index in [0.717, 1.165) is 29.8 Å². The molecule has 0 saturated heterocycles. The number of rotatable bonds is 3. The van der Waals surface area contributed by atoms with Gasteiger partial charge in [0.2, 0.25) is 0 Å². The van der Waals surface area contributed by atoms with Gasteiger partial charge in [0.25, 0.3) is 5.91 Å². The monoisotopic (exact) mass is 398 g/mol. The molecule has 0 spiro atoms. The van der Waals surface area contributed by atoms with Crippen molar-refractivity contribution in [1.29, 1.82) is 0 Å². The Morgan fingerprint density at radius 1 is 1.07 bits per heavy atom. The molecule has 1 amide bonds. The Balaban J connectivity index is 1.49. The first-order valence-corrected chi connectivity index (χ1v) is 9.01. The number of benzene rings is 2. The quantitative estimate of drug-likeness (QED) is 0.687. The van der Waals surface area contributed by atoms with E-state index in [9.17, 15) is 18.0 Å². The number of fused-ring (bicyclic) bond motifs is 1. The second-order valence-corrected chi connectivity index (χ2v) is 6.84. The number of alkyl halides is 3. The standard InChI is InChI=1S/C21H17F3N4O/c1-13-10-14-4-2-3-5-18(14)28(13)20(29)17-11-26-19(12-25-17)27-16-8-6-15(7-9-16)21(22,23)24/h2-9,11-13H,10H2,1H3,(H,26,27). The molecule has 0 fully saturated rings. The van der Waals surface area contributed by atoms with E-state index in [0.29, 0.717) is 11.5 Å². The zero-order valence-electron chi connectivity index (χ0n) is 15.4. The lowest BCUT2D eigenvalue weighted by Gasteiger charge is -2.22. The van der Waals surface area contributed by atoms with Crippen molar-refractivity contribution in [3.8, 4) is 0 Å². The van der Waals surface area contributed by atoms with E-state index in [1.807, 2.05) is 31.2 Å². The zero-order valence-corrected chi connectivity index (χ0v) is 15.4. The van der Waals surface area contributed by atoms with Gasteiger partial charge < -0.3 is 10.2 Å². The Hall–Kier alpha value is -3.42. The molecule has 1 aromatic heterocycles. The molecule has 1 unspecified atom stereocenters. The highest BCUT2D eigenvalue weighted by atomic mass is 19.4. The van der Waals surface area contributed by atoms with E-state index in [4.69, 9.17) is 0 Å². The van der Waals surface area contributed by atoms with Crippen LogP contribution in [0.15, 0.2) is 60.9 Å². The van der Waals surface area contributed by atoms with Gasteiger partial charge in [0.1, 0.15) is 11.5 Å². The molecule has 148 valence electrons. The molecular weight excluding hydrogens is 381 g/mol. The van der Waals surface area contributed by atoms with Crippen LogP contribution in [0.5, 0.6) is 0 Å². The van der Waals surface area contributed by atoms with Crippen LogP contribution in [-0.4, -0.2) is 21.9 Å². The topological polar surface area (TPSA) is 58.1 Å². The Morgan fingerprint density at radius 3 is 2.45 bits per heavy atom. The van der Waals surface area contributed by atoms with E-state index in [2.05, 4.69) is 15.3 Å². The summed E-state index contributed by atoms with van der Waals surface area (Å²) in [6.07, 6.45) is -0.853. The number of para-hydroxylation sites is 1. The van der Waals surface area contributed by atoms with Crippen molar-refractivity contribution in [3.63, 3.8) is 0 Å². The third-order valence-electron chi connectivity index (χ3n) is 4.78. The van der Waals surface area contributed by atoms with Gasteiger partial charge in [-0.05, 0) is 49.2 Å². The number of anilines is 3. The van der Waals surface area contributed by atoms with Gasteiger partial charge in [0, 0.05) is 17.4 Å². The predicted molar refractivity (Wildman–Crippen MR) is 103 cm³/mol. The van der Waals surface area contributed by atoms with Crippen molar-refractivity contribution in [1.82, 2.24) is 9.97 Å². The Kier molecular flexibility index (Phi) is 4.70. The molecule has 29 heavy (non-hydrogen) atoms. The number of carbonyl (C=O) groups excluding carboxylic acids is 1. The highest BCUT2D eigenvalue weighted by Crippen LogP contribution is 2.33. The van der Waals surface area contributed by atoms with Crippen LogP contribution in [0.3, 0.4) is 0 Å². The van der Waals surface area contributed by atoms with Crippen LogP contribution in [0, 0.1) is 0 Å². The summed E-state index contributed by atoms with van der Waals surface area (Å²) in [6.45, 7) is 1.98. The van der Waals surface area contributed by atoms with Crippen LogP contribution in [0.25, 0.3) is 0 Å². The highest BCUT2D eigenvalue weighted by molar-refractivity contribution is 6.06. The lowest BCUT2D eigenvalue weighted by Crippen LogP contribution is -2.36. The largest absolute Gasteiger partial charge is 0.416 e. The molecule has 2 aromatic carbocycles. The first-order valence-electron chi connectivity index (χ1n) is 9.01. The molecule has 1 aliphatic rings. The van der Waals surface area contributed by atoms with Gasteiger partial charge in [-0.3, -0.25) is 4.79 Å². The molecule has 2 heterocycles. The van der Waals surface area contributed by atoms with Crippen molar-refractivity contribution in [3.05, 3.63) is 77.7 Å². The van der Waals surface area contributed by atoms with Crippen LogP contribution in [0.2, 0.25) is 0 Å². The van der Waals surface area contributed by atoms with Crippen LogP contribution in [-0.2, 0) is 12.6 Å². The molecule has 3 aromatic rings. The molecule has 0 bridgehead atoms. The number of hydrogen-bond donors (Lipinski definition) is 1. The van der Waals surface area contributed by atoms with Crippen LogP contribution in [0.4, 0.5) is 30.4 Å². The minimum Gasteiger partial charge on any atom is -0.339 e. The minimum atomic E-state index is -4.38. The number of aromatic nitrogens is 2. The van der Waals surface area contributed by atoms with E-state index in [1.54, 1.807) is 4.90 Å². The first kappa shape index (κ1) is 18.9. The summed E-state index contributed by atoms with van der Waals surface area (Å²) >= 11 is 0. The molecule has 1 atom stereocenters. The smallest absolute Gasteiger partial charge is 0.339 e. The van der Waals surface area contributed by atoms with Crippen molar-refractivity contribution in [2.45, 2.75) is 25.6 Å². The second kappa shape index (κ2) is 7.20. The molecule has 1 aliphatic heterocycles. The third kappa shape index (κ3) is 3.78. The van der Waals surface area contributed by atoms with Crippen LogP contribution < -0.4 is 10.2 Å². The minimum absolute atomic E-state index is 0.0200. The lowest BCUT2D eigenvalue weighted by atomic mass is 10.1. The molecule has 0 aliphatic carbocycles. The SMILES string of the molecule is CC1Cc2ccccc2N1C(=O)c1cnc(Nc2ccc(C(F)(F)F)cc2)cn1. The number of nitrogens with zero attached hydrogens (tertiary/aromatic N) is 3. The van der Waals surface area contributed by atoms with Gasteiger partial charge in [0.05, 0.1) is 18.0 Å². The summed E-state index contributed by atoms with van der Waals surface area (Å²) in [6, 6.07) is 12.4. The highest BCUT2D eigenvalue weighted by Gasteiger charge is 2.32. The predicted octanol–water partition coefficient (Wildman–Crippen LogP) is 4.83. The maximum Gasteiger partial charge on any atom is 0.416 e. The second-order valence-electron chi connectivity index (χ2n) is 6.84. The average Bonchev–Trinajstić information content (AvgIpc) is 3.03. The number of nitrogens with one attached hydrogen (secondary N) is 1. The molecule has 8 heteroatoms. The molecule has 5 nitrogen and oxygen atoms in total. The van der Waals surface area contributed by atoms with Gasteiger partial charge in [-0.15, -0.1) is 0 Å². The van der Waals surface area contributed by atoms with Crippen molar-refractivity contribution < 1.29 is 18.0 Å². The van der Waals surface area contributed by atoms with E-state index in [1.165, 1.54) is 24.5 Å². The Morgan fingerprint density at radius 2 is 1.79 bits per heavy atom. The van der Waals surface area contributed by atoms with Crippen LogP contribution in [0.1, 0.15) is 28.5 Å². The summed E-state index contributed by atoms with van der Waals surface area (Å²) in [5.74, 6) is 0.0900. The lowest BCUT2D eigenvalue weighted by molar-refractivity contribution is -0.137. The first-order chi connectivity index (χ1) is 13.8. The van der Waals surface area contributed by atoms with Gasteiger partial charge in [-0.25, -0.2) is 9.97 Å². The van der Waals surface area contributed by atoms with Crippen molar-refractivity contribution in [2.75, 3.05) is 10.2 Å². The summed E-state index contributed by atoms with van der Waals surface area (Å²) < 4.78 is 37.9. The molecule has 0 radical (unpaired) electrons. The molecular formula is C21H17F3N4O. The number of hydrogen-bond acceptors (Lipinski definition) is 4. The van der Waals surface area contributed by atoms with E-state index < -0.39 is 11.7 Å². The molecule has 4 rings (SSSR count). The molecule has 0 saturated carbocycles. The van der Waals surface area contributed by atoms with Gasteiger partial charge in [-0.2, -0.15) is 13.2 Å². The van der Waals surface area contributed by atoms with Gasteiger partial charge >= 0.3 is 6.18 Å². The maximum atomic E-state index is 12.9. The fourth-order valence-electron chi connectivity index (χ4n) is 3.39. The summed E-state index contributed by atoms with van der Waals surface area (Å²) in [4.78, 5) is 23.0. The number of halogens is 3. The average molecular weight is 398 g/mol. The summed E-state index contributed by atoms with van der Waals surface area (Å²) in [5.41, 5.74) is 1.90. The normalized spacial score (nSPS) is 15.9. The maximum absolute atomic E-state index is 12.9. The van der Waals surface area contributed by atoms with E-state index in [-0.39, 0.29) is 17.6 Å². The zero-order chi connectivity index (χ0) is 20.6. The summed E-state index contributed by atoms with van der Waals surface area (Å²) in [5, 5.41) is 2.88. The van der Waals surface area contributed by atoms with Crippen molar-refractivity contribution in [2.24, 2.45) is 0 Å². The number of carbonyl (C=O) groups is 1. The van der Waals surface area contributed by atoms with Crippen LogP contribution >= 0.6 is 0 Å². The Labute approximate surface area is 165 Å². The fraction of sp³-hybridized carbons (Fsp3) is 0.190. The third-order valence-corrected chi connectivity index (χ3v) is 4.78. The van der Waals surface area contributed by atoms with Gasteiger partial charge in [-0.1, -0.05) is 18.2 Å². The summed E-state index contributed by atoms with van der Waals surface area (Å²) in [7, 11) is 0.